The van der Waals surface area contributed by atoms with Crippen LogP contribution in [0.5, 0.6) is 0 Å². The maximum absolute atomic E-state index is 11.9. The Hall–Kier alpha value is -0.830. The highest BCUT2D eigenvalue weighted by Gasteiger charge is 2.59. The fraction of sp³-hybridized carbons (Fsp3) is 0.900. The second-order valence-electron chi connectivity index (χ2n) is 13.1. The van der Waals surface area contributed by atoms with Gasteiger partial charge in [0.05, 0.1) is 6.10 Å². The summed E-state index contributed by atoms with van der Waals surface area (Å²) in [5.74, 6) is 4.31. The molecule has 0 radical (unpaired) electrons. The first-order valence-electron chi connectivity index (χ1n) is 14.2. The van der Waals surface area contributed by atoms with Crippen LogP contribution < -0.4 is 0 Å². The van der Waals surface area contributed by atoms with Gasteiger partial charge in [-0.15, -0.1) is 0 Å². The van der Waals surface area contributed by atoms with Crippen LogP contribution in [0.25, 0.3) is 0 Å². The van der Waals surface area contributed by atoms with E-state index in [9.17, 15) is 9.90 Å². The zero-order valence-corrected chi connectivity index (χ0v) is 22.2. The summed E-state index contributed by atoms with van der Waals surface area (Å²) >= 11 is 0. The van der Waals surface area contributed by atoms with Crippen molar-refractivity contribution in [2.24, 2.45) is 46.3 Å². The van der Waals surface area contributed by atoms with Crippen LogP contribution in [0.4, 0.5) is 0 Å². The average Bonchev–Trinajstić information content (AvgIpc) is 3.13. The van der Waals surface area contributed by atoms with Gasteiger partial charge in [0.15, 0.2) is 0 Å². The van der Waals surface area contributed by atoms with Crippen LogP contribution in [0, 0.1) is 46.3 Å². The zero-order valence-electron chi connectivity index (χ0n) is 22.2. The molecule has 4 aliphatic rings. The molecule has 188 valence electrons. The number of carbonyl (C=O) groups excluding carboxylic acids is 1. The molecule has 3 fully saturated rings. The lowest BCUT2D eigenvalue weighted by Gasteiger charge is -2.58. The second kappa shape index (κ2) is 9.67. The molecular weight excluding hydrogens is 408 g/mol. The van der Waals surface area contributed by atoms with E-state index in [1.165, 1.54) is 44.9 Å². The maximum Gasteiger partial charge on any atom is 0.305 e. The van der Waals surface area contributed by atoms with E-state index in [1.54, 1.807) is 5.57 Å². The highest BCUT2D eigenvalue weighted by Crippen LogP contribution is 2.67. The lowest BCUT2D eigenvalue weighted by atomic mass is 9.47. The first-order chi connectivity index (χ1) is 15.6. The first kappa shape index (κ1) is 25.3. The lowest BCUT2D eigenvalue weighted by molar-refractivity contribution is -0.151. The van der Waals surface area contributed by atoms with E-state index in [1.807, 2.05) is 6.92 Å². The summed E-state index contributed by atoms with van der Waals surface area (Å²) in [6.45, 7) is 13.9. The van der Waals surface area contributed by atoms with Crippen LogP contribution in [-0.4, -0.2) is 23.3 Å². The number of esters is 1. The predicted molar refractivity (Wildman–Crippen MR) is 135 cm³/mol. The molecule has 0 spiro atoms. The third kappa shape index (κ3) is 4.57. The van der Waals surface area contributed by atoms with Crippen molar-refractivity contribution in [1.29, 1.82) is 0 Å². The smallest absolute Gasteiger partial charge is 0.305 e. The van der Waals surface area contributed by atoms with Crippen molar-refractivity contribution >= 4 is 5.97 Å². The number of rotatable bonds is 7. The Bertz CT molecular complexity index is 741. The summed E-state index contributed by atoms with van der Waals surface area (Å²) in [6, 6.07) is 0. The van der Waals surface area contributed by atoms with Crippen molar-refractivity contribution in [3.05, 3.63) is 11.6 Å². The van der Waals surface area contributed by atoms with Gasteiger partial charge in [0.2, 0.25) is 0 Å². The third-order valence-corrected chi connectivity index (χ3v) is 11.1. The third-order valence-electron chi connectivity index (χ3n) is 11.1. The highest BCUT2D eigenvalue weighted by molar-refractivity contribution is 5.69. The van der Waals surface area contributed by atoms with Gasteiger partial charge in [0, 0.05) is 6.42 Å². The number of aliphatic hydroxyl groups is 1. The van der Waals surface area contributed by atoms with Crippen LogP contribution in [0.2, 0.25) is 0 Å². The van der Waals surface area contributed by atoms with Crippen LogP contribution in [0.1, 0.15) is 112 Å². The number of hydrogen-bond acceptors (Lipinski definition) is 3. The number of hydrogen-bond donors (Lipinski definition) is 1. The van der Waals surface area contributed by atoms with Crippen LogP contribution in [0.3, 0.4) is 0 Å². The summed E-state index contributed by atoms with van der Waals surface area (Å²) in [6.07, 6.45) is 15.0. The maximum atomic E-state index is 11.9. The standard InChI is InChI=1S/C30H50O3/c1-7-28(32)33-27(19(2)3)13-8-20(4)24-11-12-25-23-10-9-21-18-22(31)14-16-29(21,5)26(23)15-17-30(24,25)6/h9,19-20,22-27,31H,7-8,10-18H2,1-6H3/t20-,22+,23+,24-,25+,26+,27?,29+,30-/m1/s1. The molecular formula is C30H50O3. The van der Waals surface area contributed by atoms with E-state index in [0.29, 0.717) is 29.1 Å². The Morgan fingerprint density at radius 2 is 1.85 bits per heavy atom. The van der Waals surface area contributed by atoms with E-state index in [4.69, 9.17) is 4.74 Å². The van der Waals surface area contributed by atoms with Gasteiger partial charge in [0.1, 0.15) is 6.10 Å². The first-order valence-corrected chi connectivity index (χ1v) is 14.2. The normalized spacial score (nSPS) is 42.1. The van der Waals surface area contributed by atoms with E-state index in [2.05, 4.69) is 40.7 Å². The molecule has 1 unspecified atom stereocenters. The summed E-state index contributed by atoms with van der Waals surface area (Å²) in [5.41, 5.74) is 2.38. The largest absolute Gasteiger partial charge is 0.462 e. The highest BCUT2D eigenvalue weighted by atomic mass is 16.5. The number of ether oxygens (including phenoxy) is 1. The van der Waals surface area contributed by atoms with Crippen LogP contribution in [-0.2, 0) is 9.53 Å². The molecule has 3 saturated carbocycles. The van der Waals surface area contributed by atoms with Gasteiger partial charge in [-0.1, -0.05) is 53.2 Å². The minimum absolute atomic E-state index is 0.0546. The molecule has 3 heteroatoms. The van der Waals surface area contributed by atoms with Crippen molar-refractivity contribution < 1.29 is 14.6 Å². The van der Waals surface area contributed by atoms with Crippen molar-refractivity contribution in [1.82, 2.24) is 0 Å². The second-order valence-corrected chi connectivity index (χ2v) is 13.1. The van der Waals surface area contributed by atoms with Crippen LogP contribution in [0.15, 0.2) is 11.6 Å². The Kier molecular flexibility index (Phi) is 7.40. The molecule has 0 heterocycles. The van der Waals surface area contributed by atoms with Crippen molar-refractivity contribution in [2.75, 3.05) is 0 Å². The van der Waals surface area contributed by atoms with Gasteiger partial charge < -0.3 is 9.84 Å². The lowest BCUT2D eigenvalue weighted by Crippen LogP contribution is -2.50. The van der Waals surface area contributed by atoms with Gasteiger partial charge in [0.25, 0.3) is 0 Å². The summed E-state index contributed by atoms with van der Waals surface area (Å²) in [4.78, 5) is 11.9. The molecule has 33 heavy (non-hydrogen) atoms. The molecule has 3 nitrogen and oxygen atoms in total. The van der Waals surface area contributed by atoms with Gasteiger partial charge in [-0.05, 0) is 111 Å². The Morgan fingerprint density at radius 3 is 2.55 bits per heavy atom. The monoisotopic (exact) mass is 458 g/mol. The molecule has 0 aliphatic heterocycles. The Morgan fingerprint density at radius 1 is 1.09 bits per heavy atom. The fourth-order valence-corrected chi connectivity index (χ4v) is 9.03. The minimum atomic E-state index is -0.113. The molecule has 0 saturated heterocycles. The molecule has 0 aromatic rings. The van der Waals surface area contributed by atoms with E-state index >= 15 is 0 Å². The van der Waals surface area contributed by atoms with Gasteiger partial charge in [-0.25, -0.2) is 0 Å². The quantitative estimate of drug-likeness (QED) is 0.321. The van der Waals surface area contributed by atoms with Gasteiger partial charge in [-0.2, -0.15) is 0 Å². The summed E-state index contributed by atoms with van der Waals surface area (Å²) in [5, 5.41) is 10.3. The molecule has 0 bridgehead atoms. The summed E-state index contributed by atoms with van der Waals surface area (Å²) < 4.78 is 5.78. The minimum Gasteiger partial charge on any atom is -0.462 e. The number of carbonyl (C=O) groups is 1. The molecule has 9 atom stereocenters. The molecule has 4 aliphatic carbocycles. The molecule has 1 N–H and O–H groups in total. The predicted octanol–water partition coefficient (Wildman–Crippen LogP) is 7.32. The van der Waals surface area contributed by atoms with E-state index < -0.39 is 0 Å². The van der Waals surface area contributed by atoms with Crippen molar-refractivity contribution in [3.8, 4) is 0 Å². The Labute approximate surface area is 203 Å². The zero-order chi connectivity index (χ0) is 24.0. The topological polar surface area (TPSA) is 46.5 Å². The van der Waals surface area contributed by atoms with E-state index in [0.717, 1.165) is 42.9 Å². The van der Waals surface area contributed by atoms with Crippen molar-refractivity contribution in [2.45, 2.75) is 124 Å². The SMILES string of the molecule is CCC(=O)OC(CC[C@@H](C)[C@H]1CC[C@H]2[C@@H]3CC=C4C[C@@H](O)CC[C@]4(C)[C@H]3CC[C@]12C)C(C)C. The van der Waals surface area contributed by atoms with Gasteiger partial charge in [-0.3, -0.25) is 4.79 Å². The van der Waals surface area contributed by atoms with E-state index in [-0.39, 0.29) is 18.2 Å². The number of aliphatic hydroxyl groups excluding tert-OH is 1. The molecule has 4 rings (SSSR count). The van der Waals surface area contributed by atoms with Gasteiger partial charge >= 0.3 is 5.97 Å². The number of allylic oxidation sites excluding steroid dienone is 1. The fourth-order valence-electron chi connectivity index (χ4n) is 9.03. The average molecular weight is 459 g/mol. The summed E-state index contributed by atoms with van der Waals surface area (Å²) in [7, 11) is 0. The van der Waals surface area contributed by atoms with Crippen molar-refractivity contribution in [3.63, 3.8) is 0 Å². The molecule has 0 aromatic heterocycles. The number of fused-ring (bicyclic) bond motifs is 5. The Balaban J connectivity index is 1.44. The molecule has 0 aromatic carbocycles. The molecule has 0 amide bonds. The van der Waals surface area contributed by atoms with Crippen LogP contribution >= 0.6 is 0 Å².